The van der Waals surface area contributed by atoms with Crippen LogP contribution in [-0.4, -0.2) is 12.2 Å². The molecule has 25 heavy (non-hydrogen) atoms. The third-order valence-corrected chi connectivity index (χ3v) is 4.83. The predicted octanol–water partition coefficient (Wildman–Crippen LogP) is 5.16. The number of ether oxygens (including phenoxy) is 2. The summed E-state index contributed by atoms with van der Waals surface area (Å²) in [4.78, 5) is 13.5. The molecular weight excluding hydrogens is 332 g/mol. The van der Waals surface area contributed by atoms with E-state index >= 15 is 0 Å². The van der Waals surface area contributed by atoms with Crippen LogP contribution in [0.4, 0.5) is 0 Å². The molecule has 4 heteroatoms. The van der Waals surface area contributed by atoms with Crippen molar-refractivity contribution in [3.63, 3.8) is 0 Å². The van der Waals surface area contributed by atoms with Gasteiger partial charge in [0.15, 0.2) is 0 Å². The van der Waals surface area contributed by atoms with Crippen LogP contribution < -0.4 is 0 Å². The largest absolute Gasteiger partial charge is 0.460 e. The molecule has 0 unspecified atom stereocenters. The number of hydrogen-bond acceptors (Lipinski definition) is 4. The number of carbonyl (C=O) groups excluding carboxylic acids is 1. The summed E-state index contributed by atoms with van der Waals surface area (Å²) in [5.74, 6) is 1.11. The van der Waals surface area contributed by atoms with Crippen molar-refractivity contribution in [2.24, 2.45) is 0 Å². The fourth-order valence-corrected chi connectivity index (χ4v) is 3.27. The van der Waals surface area contributed by atoms with Crippen LogP contribution in [0.3, 0.4) is 0 Å². The summed E-state index contributed by atoms with van der Waals surface area (Å²) < 4.78 is 11.5. The fourth-order valence-electron chi connectivity index (χ4n) is 2.64. The number of allylic oxidation sites excluding steroid dienone is 2. The molecule has 0 atom stereocenters. The van der Waals surface area contributed by atoms with Gasteiger partial charge in [0.1, 0.15) is 18.1 Å². The smallest absolute Gasteiger partial charge is 0.338 e. The van der Waals surface area contributed by atoms with Crippen LogP contribution in [0, 0.1) is 0 Å². The number of thioether (sulfide) groups is 1. The second-order valence-electron chi connectivity index (χ2n) is 5.70. The van der Waals surface area contributed by atoms with Gasteiger partial charge in [-0.05, 0) is 18.7 Å². The van der Waals surface area contributed by atoms with E-state index in [4.69, 9.17) is 9.47 Å². The standard InChI is InChI=1S/C21H20O3S/c1-15-18(21(22)23-14-16-9-5-3-6-10-16)13-19(25-2)20(24-15)17-11-7-4-8-12-17/h3-12H,13-14H2,1-2H3. The van der Waals surface area contributed by atoms with Crippen LogP contribution in [-0.2, 0) is 20.9 Å². The maximum Gasteiger partial charge on any atom is 0.338 e. The molecule has 3 nitrogen and oxygen atoms in total. The molecular formula is C21H20O3S. The lowest BCUT2D eigenvalue weighted by atomic mass is 10.1. The molecule has 0 N–H and O–H groups in total. The Kier molecular flexibility index (Phi) is 5.61. The molecule has 1 aliphatic rings. The molecule has 0 radical (unpaired) electrons. The van der Waals surface area contributed by atoms with Crippen molar-refractivity contribution < 1.29 is 14.3 Å². The molecule has 1 heterocycles. The van der Waals surface area contributed by atoms with E-state index in [9.17, 15) is 4.79 Å². The maximum atomic E-state index is 12.5. The predicted molar refractivity (Wildman–Crippen MR) is 102 cm³/mol. The minimum absolute atomic E-state index is 0.264. The fraction of sp³-hybridized carbons (Fsp3) is 0.190. The Hall–Kier alpha value is -2.46. The Bertz CT molecular complexity index is 808. The zero-order chi connectivity index (χ0) is 17.6. The maximum absolute atomic E-state index is 12.5. The number of benzene rings is 2. The third kappa shape index (κ3) is 4.15. The van der Waals surface area contributed by atoms with Crippen molar-refractivity contribution in [1.82, 2.24) is 0 Å². The second-order valence-corrected chi connectivity index (χ2v) is 6.60. The molecule has 0 spiro atoms. The Morgan fingerprint density at radius 2 is 1.72 bits per heavy atom. The van der Waals surface area contributed by atoms with Crippen molar-refractivity contribution in [3.05, 3.63) is 88.0 Å². The molecule has 0 saturated heterocycles. The molecule has 2 aromatic rings. The first-order chi connectivity index (χ1) is 12.2. The Morgan fingerprint density at radius 3 is 2.36 bits per heavy atom. The molecule has 0 fully saturated rings. The lowest BCUT2D eigenvalue weighted by Gasteiger charge is -2.23. The van der Waals surface area contributed by atoms with Gasteiger partial charge in [0.2, 0.25) is 0 Å². The van der Waals surface area contributed by atoms with Gasteiger partial charge in [-0.15, -0.1) is 11.8 Å². The van der Waals surface area contributed by atoms with E-state index in [0.717, 1.165) is 21.8 Å². The van der Waals surface area contributed by atoms with Gasteiger partial charge >= 0.3 is 5.97 Å². The summed E-state index contributed by atoms with van der Waals surface area (Å²) in [5.41, 5.74) is 2.57. The van der Waals surface area contributed by atoms with Gasteiger partial charge in [-0.2, -0.15) is 0 Å². The van der Waals surface area contributed by atoms with E-state index < -0.39 is 0 Å². The minimum atomic E-state index is -0.319. The first-order valence-corrected chi connectivity index (χ1v) is 9.32. The number of rotatable bonds is 5. The highest BCUT2D eigenvalue weighted by Crippen LogP contribution is 2.38. The molecule has 0 aromatic heterocycles. The van der Waals surface area contributed by atoms with Gasteiger partial charge < -0.3 is 9.47 Å². The van der Waals surface area contributed by atoms with E-state index in [0.29, 0.717) is 17.8 Å². The van der Waals surface area contributed by atoms with Crippen molar-refractivity contribution in [2.45, 2.75) is 20.0 Å². The van der Waals surface area contributed by atoms with E-state index in [2.05, 4.69) is 0 Å². The Labute approximate surface area is 152 Å². The zero-order valence-electron chi connectivity index (χ0n) is 14.3. The van der Waals surface area contributed by atoms with Gasteiger partial charge in [0.25, 0.3) is 0 Å². The van der Waals surface area contributed by atoms with Gasteiger partial charge in [0, 0.05) is 16.9 Å². The number of esters is 1. The topological polar surface area (TPSA) is 35.5 Å². The SMILES string of the molecule is CSC1=C(c2ccccc2)OC(C)=C(C(=O)OCc2ccccc2)C1. The summed E-state index contributed by atoms with van der Waals surface area (Å²) in [6.07, 6.45) is 2.53. The highest BCUT2D eigenvalue weighted by atomic mass is 32.2. The second kappa shape index (κ2) is 8.08. The lowest BCUT2D eigenvalue weighted by molar-refractivity contribution is -0.140. The van der Waals surface area contributed by atoms with Crippen LogP contribution in [0.2, 0.25) is 0 Å². The van der Waals surface area contributed by atoms with E-state index in [1.54, 1.807) is 11.8 Å². The van der Waals surface area contributed by atoms with Gasteiger partial charge in [-0.25, -0.2) is 4.79 Å². The summed E-state index contributed by atoms with van der Waals surface area (Å²) in [7, 11) is 0. The summed E-state index contributed by atoms with van der Waals surface area (Å²) in [6.45, 7) is 2.08. The molecule has 0 saturated carbocycles. The van der Waals surface area contributed by atoms with Gasteiger partial charge in [0.05, 0.1) is 5.57 Å². The molecule has 0 bridgehead atoms. The summed E-state index contributed by atoms with van der Waals surface area (Å²) in [6, 6.07) is 19.6. The quantitative estimate of drug-likeness (QED) is 0.697. The monoisotopic (exact) mass is 352 g/mol. The first kappa shape index (κ1) is 17.4. The van der Waals surface area contributed by atoms with E-state index in [-0.39, 0.29) is 12.6 Å². The van der Waals surface area contributed by atoms with Crippen molar-refractivity contribution >= 4 is 23.5 Å². The first-order valence-electron chi connectivity index (χ1n) is 8.10. The van der Waals surface area contributed by atoms with Crippen molar-refractivity contribution in [3.8, 4) is 0 Å². The third-order valence-electron chi connectivity index (χ3n) is 4.01. The van der Waals surface area contributed by atoms with Crippen molar-refractivity contribution in [1.29, 1.82) is 0 Å². The average Bonchev–Trinajstić information content (AvgIpc) is 2.67. The Morgan fingerprint density at radius 1 is 1.08 bits per heavy atom. The molecule has 128 valence electrons. The lowest BCUT2D eigenvalue weighted by Crippen LogP contribution is -2.15. The van der Waals surface area contributed by atoms with Crippen molar-refractivity contribution in [2.75, 3.05) is 6.26 Å². The molecule has 3 rings (SSSR count). The minimum Gasteiger partial charge on any atom is -0.460 e. The van der Waals surface area contributed by atoms with Crippen LogP contribution in [0.5, 0.6) is 0 Å². The van der Waals surface area contributed by atoms with Gasteiger partial charge in [-0.1, -0.05) is 60.7 Å². The highest BCUT2D eigenvalue weighted by molar-refractivity contribution is 8.02. The number of carbonyl (C=O) groups is 1. The summed E-state index contributed by atoms with van der Waals surface area (Å²) >= 11 is 1.60. The van der Waals surface area contributed by atoms with E-state index in [1.807, 2.05) is 73.8 Å². The molecule has 0 aliphatic carbocycles. The number of hydrogen-bond donors (Lipinski definition) is 0. The van der Waals surface area contributed by atoms with Crippen LogP contribution in [0.15, 0.2) is 76.9 Å². The zero-order valence-corrected chi connectivity index (χ0v) is 15.1. The normalized spacial score (nSPS) is 14.3. The van der Waals surface area contributed by atoms with Crippen LogP contribution in [0.25, 0.3) is 5.76 Å². The molecule has 2 aromatic carbocycles. The Balaban J connectivity index is 1.74. The van der Waals surface area contributed by atoms with E-state index in [1.165, 1.54) is 0 Å². The molecule has 1 aliphatic heterocycles. The average molecular weight is 352 g/mol. The van der Waals surface area contributed by atoms with Crippen LogP contribution in [0.1, 0.15) is 24.5 Å². The molecule has 0 amide bonds. The van der Waals surface area contributed by atoms with Crippen LogP contribution >= 0.6 is 11.8 Å². The summed E-state index contributed by atoms with van der Waals surface area (Å²) in [5, 5.41) is 0. The van der Waals surface area contributed by atoms with Gasteiger partial charge in [-0.3, -0.25) is 0 Å². The highest BCUT2D eigenvalue weighted by Gasteiger charge is 2.26.